The third-order valence-electron chi connectivity index (χ3n) is 5.99. The summed E-state index contributed by atoms with van der Waals surface area (Å²) < 4.78 is 29.4. The topological polar surface area (TPSA) is 84.3 Å². The lowest BCUT2D eigenvalue weighted by molar-refractivity contribution is -0.126. The molecule has 1 N–H and O–H groups in total. The van der Waals surface area contributed by atoms with Gasteiger partial charge in [0.15, 0.2) is 0 Å². The zero-order chi connectivity index (χ0) is 22.7. The number of carbonyl (C=O) groups excluding carboxylic acids is 1. The average molecular weight is 473 g/mol. The first-order chi connectivity index (χ1) is 15.4. The molecule has 0 radical (unpaired) electrons. The third kappa shape index (κ3) is 4.79. The monoisotopic (exact) mass is 472 g/mol. The van der Waals surface area contributed by atoms with Crippen LogP contribution >= 0.6 is 11.3 Å². The molecule has 1 atom stereocenters. The largest absolute Gasteiger partial charge is 0.352 e. The van der Waals surface area contributed by atoms with Gasteiger partial charge >= 0.3 is 0 Å². The fourth-order valence-corrected chi connectivity index (χ4v) is 6.80. The molecule has 1 saturated heterocycles. The van der Waals surface area contributed by atoms with Crippen molar-refractivity contribution >= 4 is 27.3 Å². The molecule has 1 aromatic carbocycles. The number of thiophene rings is 1. The average Bonchev–Trinajstić information content (AvgIpc) is 3.43. The number of nitrogens with zero attached hydrogens (tertiary/aromatic N) is 3. The number of hydrogen-bond acceptors (Lipinski definition) is 5. The Morgan fingerprint density at radius 1 is 1.19 bits per heavy atom. The molecule has 170 valence electrons. The maximum Gasteiger partial charge on any atom is 0.252 e. The van der Waals surface area contributed by atoms with Gasteiger partial charge in [-0.3, -0.25) is 9.48 Å². The van der Waals surface area contributed by atoms with Crippen molar-refractivity contribution in [2.45, 2.75) is 44.0 Å². The van der Waals surface area contributed by atoms with Crippen molar-refractivity contribution in [1.29, 1.82) is 0 Å². The van der Waals surface area contributed by atoms with Gasteiger partial charge in [-0.25, -0.2) is 8.42 Å². The highest BCUT2D eigenvalue weighted by atomic mass is 32.2. The molecule has 0 bridgehead atoms. The number of benzene rings is 1. The van der Waals surface area contributed by atoms with E-state index in [1.807, 2.05) is 36.7 Å². The van der Waals surface area contributed by atoms with Crippen LogP contribution in [0.5, 0.6) is 0 Å². The Morgan fingerprint density at radius 3 is 2.69 bits per heavy atom. The molecule has 32 heavy (non-hydrogen) atoms. The van der Waals surface area contributed by atoms with Crippen LogP contribution in [0, 0.1) is 19.8 Å². The van der Waals surface area contributed by atoms with E-state index in [1.165, 1.54) is 21.2 Å². The van der Waals surface area contributed by atoms with Crippen LogP contribution in [-0.4, -0.2) is 41.5 Å². The second-order valence-corrected chi connectivity index (χ2v) is 11.3. The molecular formula is C23H28N4O3S2. The van der Waals surface area contributed by atoms with Crippen LogP contribution < -0.4 is 5.32 Å². The van der Waals surface area contributed by atoms with Gasteiger partial charge in [0.05, 0.1) is 18.2 Å². The minimum Gasteiger partial charge on any atom is -0.352 e. The summed E-state index contributed by atoms with van der Waals surface area (Å²) in [5, 5.41) is 9.42. The van der Waals surface area contributed by atoms with Crippen molar-refractivity contribution in [2.75, 3.05) is 13.1 Å². The van der Waals surface area contributed by atoms with Gasteiger partial charge in [0, 0.05) is 30.9 Å². The summed E-state index contributed by atoms with van der Waals surface area (Å²) in [6, 6.07) is 13.5. The quantitative estimate of drug-likeness (QED) is 0.572. The number of amides is 1. The number of sulfonamides is 1. The van der Waals surface area contributed by atoms with Gasteiger partial charge in [0.2, 0.25) is 5.91 Å². The SMILES string of the molecule is Cc1nn(Cc2ccccc2)c(C)c1CNC(=O)[C@@H]1CCCN(S(=O)(=O)c2cccs2)C1. The maximum absolute atomic E-state index is 12.9. The summed E-state index contributed by atoms with van der Waals surface area (Å²) in [7, 11) is -3.53. The molecule has 1 fully saturated rings. The van der Waals surface area contributed by atoms with Gasteiger partial charge in [0.25, 0.3) is 10.0 Å². The van der Waals surface area contributed by atoms with Crippen molar-refractivity contribution < 1.29 is 13.2 Å². The first kappa shape index (κ1) is 22.7. The summed E-state index contributed by atoms with van der Waals surface area (Å²) in [5.41, 5.74) is 4.09. The summed E-state index contributed by atoms with van der Waals surface area (Å²) in [5.74, 6) is -0.454. The van der Waals surface area contributed by atoms with Crippen LogP contribution in [0.4, 0.5) is 0 Å². The van der Waals surface area contributed by atoms with Crippen LogP contribution in [0.3, 0.4) is 0 Å². The van der Waals surface area contributed by atoms with E-state index in [2.05, 4.69) is 22.5 Å². The number of aromatic nitrogens is 2. The number of aryl methyl sites for hydroxylation is 1. The van der Waals surface area contributed by atoms with Gasteiger partial charge in [-0.2, -0.15) is 9.40 Å². The van der Waals surface area contributed by atoms with Crippen LogP contribution in [0.2, 0.25) is 0 Å². The molecule has 0 aliphatic carbocycles. The third-order valence-corrected chi connectivity index (χ3v) is 9.23. The molecule has 2 aromatic heterocycles. The van der Waals surface area contributed by atoms with Crippen LogP contribution in [-0.2, 0) is 27.9 Å². The minimum absolute atomic E-state index is 0.106. The van der Waals surface area contributed by atoms with Crippen molar-refractivity contribution in [1.82, 2.24) is 19.4 Å². The van der Waals surface area contributed by atoms with E-state index in [1.54, 1.807) is 17.5 Å². The minimum atomic E-state index is -3.53. The molecule has 1 amide bonds. The molecule has 9 heteroatoms. The lowest BCUT2D eigenvalue weighted by atomic mass is 9.98. The normalized spacial score (nSPS) is 17.4. The molecule has 0 spiro atoms. The number of rotatable bonds is 7. The Bertz CT molecular complexity index is 1170. The van der Waals surface area contributed by atoms with E-state index >= 15 is 0 Å². The second-order valence-electron chi connectivity index (χ2n) is 8.14. The summed E-state index contributed by atoms with van der Waals surface area (Å²) in [6.45, 7) is 5.71. The lowest BCUT2D eigenvalue weighted by Crippen LogP contribution is -2.45. The summed E-state index contributed by atoms with van der Waals surface area (Å²) in [4.78, 5) is 12.9. The van der Waals surface area contributed by atoms with Gasteiger partial charge in [0.1, 0.15) is 4.21 Å². The number of carbonyl (C=O) groups is 1. The molecule has 3 aromatic rings. The van der Waals surface area contributed by atoms with E-state index in [4.69, 9.17) is 0 Å². The smallest absolute Gasteiger partial charge is 0.252 e. The molecule has 4 rings (SSSR count). The van der Waals surface area contributed by atoms with Crippen molar-refractivity contribution in [3.63, 3.8) is 0 Å². The van der Waals surface area contributed by atoms with Crippen molar-refractivity contribution in [3.05, 3.63) is 70.4 Å². The van der Waals surface area contributed by atoms with E-state index in [-0.39, 0.29) is 18.4 Å². The molecule has 1 aliphatic heterocycles. The van der Waals surface area contributed by atoms with Crippen LogP contribution in [0.15, 0.2) is 52.1 Å². The number of nitrogens with one attached hydrogen (secondary N) is 1. The van der Waals surface area contributed by atoms with Gasteiger partial charge in [-0.05, 0) is 43.7 Å². The highest BCUT2D eigenvalue weighted by molar-refractivity contribution is 7.91. The zero-order valence-electron chi connectivity index (χ0n) is 18.3. The van der Waals surface area contributed by atoms with Crippen molar-refractivity contribution in [2.24, 2.45) is 5.92 Å². The molecular weight excluding hydrogens is 444 g/mol. The fraction of sp³-hybridized carbons (Fsp3) is 0.391. The predicted molar refractivity (Wildman–Crippen MR) is 125 cm³/mol. The Labute approximate surface area is 193 Å². The molecule has 7 nitrogen and oxygen atoms in total. The molecule has 0 saturated carbocycles. The number of piperidine rings is 1. The predicted octanol–water partition coefficient (Wildman–Crippen LogP) is 3.33. The Morgan fingerprint density at radius 2 is 1.97 bits per heavy atom. The van der Waals surface area contributed by atoms with Crippen LogP contribution in [0.1, 0.15) is 35.4 Å². The fourth-order valence-electron chi connectivity index (χ4n) is 4.13. The Kier molecular flexibility index (Phi) is 6.78. The summed E-state index contributed by atoms with van der Waals surface area (Å²) in [6.07, 6.45) is 1.36. The first-order valence-electron chi connectivity index (χ1n) is 10.7. The van der Waals surface area contributed by atoms with Crippen LogP contribution in [0.25, 0.3) is 0 Å². The van der Waals surface area contributed by atoms with Gasteiger partial charge < -0.3 is 5.32 Å². The second kappa shape index (κ2) is 9.56. The molecule has 0 unspecified atom stereocenters. The summed E-state index contributed by atoms with van der Waals surface area (Å²) >= 11 is 1.21. The van der Waals surface area contributed by atoms with E-state index < -0.39 is 10.0 Å². The van der Waals surface area contributed by atoms with E-state index in [0.717, 1.165) is 17.0 Å². The zero-order valence-corrected chi connectivity index (χ0v) is 20.0. The molecule has 3 heterocycles. The van der Waals surface area contributed by atoms with Crippen molar-refractivity contribution in [3.8, 4) is 0 Å². The first-order valence-corrected chi connectivity index (χ1v) is 13.1. The van der Waals surface area contributed by atoms with E-state index in [9.17, 15) is 13.2 Å². The molecule has 1 aliphatic rings. The van der Waals surface area contributed by atoms with Gasteiger partial charge in [-0.15, -0.1) is 11.3 Å². The Balaban J connectivity index is 1.39. The lowest BCUT2D eigenvalue weighted by Gasteiger charge is -2.30. The standard InChI is InChI=1S/C23H28N4O3S2/c1-17-21(18(2)27(25-17)15-19-8-4-3-5-9-19)14-24-23(28)20-10-6-12-26(16-20)32(29,30)22-11-7-13-31-22/h3-5,7-9,11,13,20H,6,10,12,14-16H2,1-2H3,(H,24,28)/t20-/m1/s1. The van der Waals surface area contributed by atoms with Gasteiger partial charge in [-0.1, -0.05) is 36.4 Å². The van der Waals surface area contributed by atoms with E-state index in [0.29, 0.717) is 36.7 Å². The maximum atomic E-state index is 12.9. The number of hydrogen-bond donors (Lipinski definition) is 1. The highest BCUT2D eigenvalue weighted by Crippen LogP contribution is 2.26. The Hall–Kier alpha value is -2.49. The highest BCUT2D eigenvalue weighted by Gasteiger charge is 2.33.